The lowest BCUT2D eigenvalue weighted by molar-refractivity contribution is -0.140. The van der Waals surface area contributed by atoms with E-state index in [-0.39, 0.29) is 45.8 Å². The van der Waals surface area contributed by atoms with E-state index in [1.165, 1.54) is 32.3 Å². The number of ketones is 1. The molecule has 2 N–H and O–H groups in total. The highest BCUT2D eigenvalue weighted by Crippen LogP contribution is 2.47. The van der Waals surface area contributed by atoms with Crippen molar-refractivity contribution >= 4 is 51.6 Å². The number of nitrogens with one attached hydrogen (secondary N) is 1. The van der Waals surface area contributed by atoms with Crippen molar-refractivity contribution in [1.29, 1.82) is 0 Å². The fourth-order valence-electron chi connectivity index (χ4n) is 4.24. The summed E-state index contributed by atoms with van der Waals surface area (Å²) in [5.74, 6) is -1.84. The first-order chi connectivity index (χ1) is 16.3. The summed E-state index contributed by atoms with van der Waals surface area (Å²) >= 11 is 12.7. The average Bonchev–Trinajstić information content (AvgIpc) is 3.36. The Hall–Kier alpha value is -3.20. The number of rotatable bonds is 7. The molecule has 34 heavy (non-hydrogen) atoms. The van der Waals surface area contributed by atoms with Gasteiger partial charge < -0.3 is 29.2 Å². The van der Waals surface area contributed by atoms with Crippen LogP contribution < -0.4 is 9.47 Å². The number of aliphatic hydroxyl groups excluding tert-OH is 1. The van der Waals surface area contributed by atoms with Crippen LogP contribution in [0.2, 0.25) is 10.0 Å². The van der Waals surface area contributed by atoms with Gasteiger partial charge in [-0.2, -0.15) is 0 Å². The number of benzene rings is 2. The Labute approximate surface area is 205 Å². The van der Waals surface area contributed by atoms with Crippen molar-refractivity contribution in [2.75, 3.05) is 34.5 Å². The summed E-state index contributed by atoms with van der Waals surface area (Å²) in [4.78, 5) is 30.8. The molecule has 8 nitrogen and oxygen atoms in total. The van der Waals surface area contributed by atoms with Crippen molar-refractivity contribution in [3.63, 3.8) is 0 Å². The predicted octanol–water partition coefficient (Wildman–Crippen LogP) is 4.56. The number of carbonyl (C=O) groups excluding carboxylic acids is 2. The molecule has 1 aliphatic heterocycles. The van der Waals surface area contributed by atoms with E-state index in [4.69, 9.17) is 37.4 Å². The summed E-state index contributed by atoms with van der Waals surface area (Å²) < 4.78 is 15.8. The molecule has 2 heterocycles. The Kier molecular flexibility index (Phi) is 6.74. The second-order valence-electron chi connectivity index (χ2n) is 7.56. The standard InChI is InChI=1S/C24H22Cl2N2O6/c1-32-9-8-28-19(14-11-27-16-7-5-4-6-12(14)16)17(21(30)24(28)31)20(29)13-10-15(25)23(34-3)18(26)22(13)33-2/h4-7,10-11,19,27,29H,8-9H2,1-3H3/b20-17+. The van der Waals surface area contributed by atoms with Gasteiger partial charge in [-0.05, 0) is 12.1 Å². The number of fused-ring (bicyclic) bond motifs is 1. The minimum Gasteiger partial charge on any atom is -0.507 e. The number of aromatic amines is 1. The van der Waals surface area contributed by atoms with E-state index in [1.54, 1.807) is 6.20 Å². The van der Waals surface area contributed by atoms with Crippen LogP contribution in [0.1, 0.15) is 17.2 Å². The quantitative estimate of drug-likeness (QED) is 0.278. The molecule has 1 atom stereocenters. The summed E-state index contributed by atoms with van der Waals surface area (Å²) in [7, 11) is 4.26. The number of halogens is 2. The van der Waals surface area contributed by atoms with Gasteiger partial charge in [0.2, 0.25) is 0 Å². The number of hydrogen-bond acceptors (Lipinski definition) is 6. The van der Waals surface area contributed by atoms with Crippen LogP contribution in [0, 0.1) is 0 Å². The van der Waals surface area contributed by atoms with Crippen LogP contribution in [0.3, 0.4) is 0 Å². The summed E-state index contributed by atoms with van der Waals surface area (Å²) in [6, 6.07) is 7.99. The first kappa shape index (κ1) is 23.9. The van der Waals surface area contributed by atoms with E-state index in [1.807, 2.05) is 24.3 Å². The number of amides is 1. The lowest BCUT2D eigenvalue weighted by Crippen LogP contribution is -2.32. The van der Waals surface area contributed by atoms with Crippen molar-refractivity contribution in [1.82, 2.24) is 9.88 Å². The van der Waals surface area contributed by atoms with Gasteiger partial charge in [-0.25, -0.2) is 0 Å². The number of nitrogens with zero attached hydrogens (tertiary/aromatic N) is 1. The number of ether oxygens (including phenoxy) is 3. The Morgan fingerprint density at radius 3 is 2.50 bits per heavy atom. The van der Waals surface area contributed by atoms with Gasteiger partial charge in [-0.15, -0.1) is 0 Å². The van der Waals surface area contributed by atoms with E-state index in [9.17, 15) is 14.7 Å². The van der Waals surface area contributed by atoms with Crippen molar-refractivity contribution in [2.24, 2.45) is 0 Å². The lowest BCUT2D eigenvalue weighted by Gasteiger charge is -2.25. The van der Waals surface area contributed by atoms with Crippen LogP contribution in [-0.4, -0.2) is 61.2 Å². The predicted molar refractivity (Wildman–Crippen MR) is 129 cm³/mol. The molecule has 4 rings (SSSR count). The molecule has 0 saturated carbocycles. The normalized spacial score (nSPS) is 17.6. The molecule has 3 aromatic rings. The molecule has 178 valence electrons. The zero-order chi connectivity index (χ0) is 24.6. The third kappa shape index (κ3) is 3.77. The van der Waals surface area contributed by atoms with Crippen molar-refractivity contribution in [2.45, 2.75) is 6.04 Å². The van der Waals surface area contributed by atoms with E-state index in [0.717, 1.165) is 10.9 Å². The van der Waals surface area contributed by atoms with Gasteiger partial charge in [0, 0.05) is 36.3 Å². The van der Waals surface area contributed by atoms with Gasteiger partial charge in [0.05, 0.1) is 43.0 Å². The fraction of sp³-hybridized carbons (Fsp3) is 0.250. The molecular formula is C24H22Cl2N2O6. The minimum atomic E-state index is -0.879. The Bertz CT molecular complexity index is 1320. The average molecular weight is 505 g/mol. The molecule has 2 aromatic carbocycles. The van der Waals surface area contributed by atoms with Gasteiger partial charge in [0.25, 0.3) is 11.7 Å². The summed E-state index contributed by atoms with van der Waals surface area (Å²) in [6.45, 7) is 0.346. The second kappa shape index (κ2) is 9.58. The molecule has 1 aliphatic rings. The molecule has 0 bridgehead atoms. The number of hydrogen-bond donors (Lipinski definition) is 2. The third-order valence-electron chi connectivity index (χ3n) is 5.79. The van der Waals surface area contributed by atoms with Crippen molar-refractivity contribution in [3.8, 4) is 11.5 Å². The largest absolute Gasteiger partial charge is 0.507 e. The zero-order valence-corrected chi connectivity index (χ0v) is 20.2. The zero-order valence-electron chi connectivity index (χ0n) is 18.6. The van der Waals surface area contributed by atoms with Gasteiger partial charge in [0.15, 0.2) is 11.5 Å². The van der Waals surface area contributed by atoms with E-state index >= 15 is 0 Å². The monoisotopic (exact) mass is 504 g/mol. The van der Waals surface area contributed by atoms with Gasteiger partial charge >= 0.3 is 0 Å². The van der Waals surface area contributed by atoms with Gasteiger partial charge in [-0.1, -0.05) is 41.4 Å². The van der Waals surface area contributed by atoms with Gasteiger partial charge in [-0.3, -0.25) is 9.59 Å². The van der Waals surface area contributed by atoms with Crippen LogP contribution in [0.15, 0.2) is 42.1 Å². The molecule has 0 spiro atoms. The molecule has 0 radical (unpaired) electrons. The molecule has 1 unspecified atom stereocenters. The van der Waals surface area contributed by atoms with Crippen LogP contribution in [0.4, 0.5) is 0 Å². The topological polar surface area (TPSA) is 101 Å². The van der Waals surface area contributed by atoms with E-state index in [2.05, 4.69) is 4.98 Å². The Morgan fingerprint density at radius 1 is 1.12 bits per heavy atom. The molecule has 1 fully saturated rings. The number of carbonyl (C=O) groups is 2. The van der Waals surface area contributed by atoms with Crippen molar-refractivity contribution in [3.05, 3.63) is 63.3 Å². The molecule has 1 saturated heterocycles. The Morgan fingerprint density at radius 2 is 1.82 bits per heavy atom. The van der Waals surface area contributed by atoms with Crippen LogP contribution >= 0.6 is 23.2 Å². The molecule has 1 aromatic heterocycles. The first-order valence-corrected chi connectivity index (χ1v) is 11.0. The smallest absolute Gasteiger partial charge is 0.295 e. The molecule has 10 heteroatoms. The summed E-state index contributed by atoms with van der Waals surface area (Å²) in [5, 5.41) is 12.4. The molecule has 0 aliphatic carbocycles. The third-order valence-corrected chi connectivity index (χ3v) is 6.41. The van der Waals surface area contributed by atoms with Crippen molar-refractivity contribution < 1.29 is 28.9 Å². The number of aliphatic hydroxyl groups is 1. The SMILES string of the molecule is COCCN1C(=O)C(=O)/C(=C(/O)c2cc(Cl)c(OC)c(Cl)c2OC)C1c1c[nH]c2ccccc12. The molecular weight excluding hydrogens is 483 g/mol. The van der Waals surface area contributed by atoms with Crippen LogP contribution in [-0.2, 0) is 14.3 Å². The van der Waals surface area contributed by atoms with Gasteiger partial charge in [0.1, 0.15) is 10.8 Å². The first-order valence-electron chi connectivity index (χ1n) is 10.3. The highest BCUT2D eigenvalue weighted by Gasteiger charge is 2.47. The second-order valence-corrected chi connectivity index (χ2v) is 8.35. The summed E-state index contributed by atoms with van der Waals surface area (Å²) in [5.41, 5.74) is 1.43. The highest BCUT2D eigenvalue weighted by atomic mass is 35.5. The Balaban J connectivity index is 1.99. The summed E-state index contributed by atoms with van der Waals surface area (Å²) in [6.07, 6.45) is 1.72. The maximum absolute atomic E-state index is 13.2. The number of methoxy groups -OCH3 is 3. The lowest BCUT2D eigenvalue weighted by atomic mass is 9.94. The number of Topliss-reactive ketones (excluding diaryl/α,β-unsaturated/α-hetero) is 1. The fourth-order valence-corrected chi connectivity index (χ4v) is 4.92. The van der Waals surface area contributed by atoms with Crippen LogP contribution in [0.5, 0.6) is 11.5 Å². The number of aromatic nitrogens is 1. The molecule has 1 amide bonds. The number of likely N-dealkylation sites (tertiary alicyclic amines) is 1. The number of H-pyrrole nitrogens is 1. The van der Waals surface area contributed by atoms with Crippen LogP contribution in [0.25, 0.3) is 16.7 Å². The highest BCUT2D eigenvalue weighted by molar-refractivity contribution is 6.47. The maximum atomic E-state index is 13.2. The van der Waals surface area contributed by atoms with E-state index in [0.29, 0.717) is 5.56 Å². The maximum Gasteiger partial charge on any atom is 0.295 e. The minimum absolute atomic E-state index is 0.0244. The number of para-hydroxylation sites is 1. The van der Waals surface area contributed by atoms with E-state index < -0.39 is 23.5 Å².